The average Bonchev–Trinajstić information content (AvgIpc) is 3.17. The summed E-state index contributed by atoms with van der Waals surface area (Å²) in [6, 6.07) is 4.38. The van der Waals surface area contributed by atoms with Crippen molar-refractivity contribution in [2.24, 2.45) is 0 Å². The van der Waals surface area contributed by atoms with Crippen LogP contribution >= 0.6 is 0 Å². The van der Waals surface area contributed by atoms with Crippen molar-refractivity contribution in [2.45, 2.75) is 26.4 Å². The number of nitrogens with zero attached hydrogens (tertiary/aromatic N) is 5. The van der Waals surface area contributed by atoms with E-state index < -0.39 is 0 Å². The van der Waals surface area contributed by atoms with Crippen molar-refractivity contribution in [3.8, 4) is 5.82 Å². The van der Waals surface area contributed by atoms with E-state index in [1.807, 2.05) is 41.6 Å². The Morgan fingerprint density at radius 1 is 1.14 bits per heavy atom. The Bertz CT molecular complexity index is 681. The molecule has 0 fully saturated rings. The summed E-state index contributed by atoms with van der Waals surface area (Å²) < 4.78 is 4.03. The van der Waals surface area contributed by atoms with Crippen molar-refractivity contribution in [3.63, 3.8) is 0 Å². The van der Waals surface area contributed by atoms with Gasteiger partial charge in [0.25, 0.3) is 0 Å². The van der Waals surface area contributed by atoms with Crippen molar-refractivity contribution in [3.05, 3.63) is 55.3 Å². The molecule has 0 aliphatic heterocycles. The average molecular weight is 282 g/mol. The molecule has 3 heterocycles. The fourth-order valence-electron chi connectivity index (χ4n) is 2.16. The molecule has 0 saturated heterocycles. The first-order valence-corrected chi connectivity index (χ1v) is 6.93. The summed E-state index contributed by atoms with van der Waals surface area (Å²) in [5, 5.41) is 3.37. The SMILES string of the molecule is CC(C)n1cncc1CNc1ccc(-n2ccnc2)nc1. The van der Waals surface area contributed by atoms with Gasteiger partial charge in [-0.3, -0.25) is 4.57 Å². The number of hydrogen-bond donors (Lipinski definition) is 1. The number of anilines is 1. The number of rotatable bonds is 5. The Kier molecular flexibility index (Phi) is 3.68. The van der Waals surface area contributed by atoms with E-state index in [9.17, 15) is 0 Å². The smallest absolute Gasteiger partial charge is 0.137 e. The third-order valence-corrected chi connectivity index (χ3v) is 3.29. The van der Waals surface area contributed by atoms with E-state index in [2.05, 4.69) is 38.7 Å². The molecule has 1 N–H and O–H groups in total. The second-order valence-corrected chi connectivity index (χ2v) is 5.11. The maximum atomic E-state index is 4.42. The largest absolute Gasteiger partial charge is 0.378 e. The summed E-state index contributed by atoms with van der Waals surface area (Å²) in [4.78, 5) is 12.6. The lowest BCUT2D eigenvalue weighted by molar-refractivity contribution is 0.577. The second-order valence-electron chi connectivity index (χ2n) is 5.11. The van der Waals surface area contributed by atoms with Crippen LogP contribution in [0.2, 0.25) is 0 Å². The lowest BCUT2D eigenvalue weighted by atomic mass is 10.3. The predicted octanol–water partition coefficient (Wildman–Crippen LogP) is 2.66. The van der Waals surface area contributed by atoms with Gasteiger partial charge >= 0.3 is 0 Å². The minimum Gasteiger partial charge on any atom is -0.378 e. The minimum absolute atomic E-state index is 0.408. The van der Waals surface area contributed by atoms with Crippen molar-refractivity contribution in [1.29, 1.82) is 0 Å². The Balaban J connectivity index is 1.67. The fraction of sp³-hybridized carbons (Fsp3) is 0.267. The molecule has 3 rings (SSSR count). The molecule has 0 amide bonds. The molecule has 3 aromatic rings. The third kappa shape index (κ3) is 2.94. The first kappa shape index (κ1) is 13.4. The van der Waals surface area contributed by atoms with Gasteiger partial charge in [-0.05, 0) is 26.0 Å². The highest BCUT2D eigenvalue weighted by Gasteiger charge is 2.05. The number of nitrogens with one attached hydrogen (secondary N) is 1. The van der Waals surface area contributed by atoms with Crippen LogP contribution in [0.5, 0.6) is 0 Å². The van der Waals surface area contributed by atoms with Gasteiger partial charge in [-0.2, -0.15) is 0 Å². The van der Waals surface area contributed by atoms with Crippen LogP contribution in [-0.4, -0.2) is 24.1 Å². The van der Waals surface area contributed by atoms with Gasteiger partial charge in [-0.1, -0.05) is 0 Å². The zero-order valence-electron chi connectivity index (χ0n) is 12.1. The molecule has 0 aromatic carbocycles. The highest BCUT2D eigenvalue weighted by Crippen LogP contribution is 2.13. The highest BCUT2D eigenvalue weighted by atomic mass is 15.1. The van der Waals surface area contributed by atoms with Gasteiger partial charge in [0.05, 0.1) is 30.5 Å². The van der Waals surface area contributed by atoms with Crippen LogP contribution in [0.15, 0.2) is 49.6 Å². The summed E-state index contributed by atoms with van der Waals surface area (Å²) in [7, 11) is 0. The van der Waals surface area contributed by atoms with Crippen molar-refractivity contribution >= 4 is 5.69 Å². The van der Waals surface area contributed by atoms with E-state index in [1.54, 1.807) is 12.5 Å². The molecule has 0 unspecified atom stereocenters. The van der Waals surface area contributed by atoms with Crippen LogP contribution in [0, 0.1) is 0 Å². The molecule has 0 radical (unpaired) electrons. The van der Waals surface area contributed by atoms with E-state index in [-0.39, 0.29) is 0 Å². The van der Waals surface area contributed by atoms with Gasteiger partial charge in [0.1, 0.15) is 12.1 Å². The summed E-state index contributed by atoms with van der Waals surface area (Å²) in [5.41, 5.74) is 2.14. The number of hydrogen-bond acceptors (Lipinski definition) is 4. The molecule has 21 heavy (non-hydrogen) atoms. The first-order chi connectivity index (χ1) is 10.2. The lowest BCUT2D eigenvalue weighted by Gasteiger charge is -2.13. The zero-order chi connectivity index (χ0) is 14.7. The van der Waals surface area contributed by atoms with E-state index in [4.69, 9.17) is 0 Å². The maximum Gasteiger partial charge on any atom is 0.137 e. The molecule has 108 valence electrons. The molecule has 0 saturated carbocycles. The summed E-state index contributed by atoms with van der Waals surface area (Å²) in [6.07, 6.45) is 10.9. The monoisotopic (exact) mass is 282 g/mol. The minimum atomic E-state index is 0.408. The van der Waals surface area contributed by atoms with E-state index in [0.717, 1.165) is 23.7 Å². The third-order valence-electron chi connectivity index (χ3n) is 3.29. The summed E-state index contributed by atoms with van der Waals surface area (Å²) in [6.45, 7) is 5.02. The summed E-state index contributed by atoms with van der Waals surface area (Å²) in [5.74, 6) is 0.852. The topological polar surface area (TPSA) is 60.6 Å². The quantitative estimate of drug-likeness (QED) is 0.781. The van der Waals surface area contributed by atoms with Gasteiger partial charge < -0.3 is 9.88 Å². The molecule has 0 aliphatic rings. The van der Waals surface area contributed by atoms with E-state index >= 15 is 0 Å². The normalized spacial score (nSPS) is 11.0. The van der Waals surface area contributed by atoms with Crippen molar-refractivity contribution in [1.82, 2.24) is 24.1 Å². The zero-order valence-corrected chi connectivity index (χ0v) is 12.1. The van der Waals surface area contributed by atoms with Gasteiger partial charge in [0, 0.05) is 24.6 Å². The van der Waals surface area contributed by atoms with Crippen LogP contribution in [0.25, 0.3) is 5.82 Å². The maximum absolute atomic E-state index is 4.42. The lowest BCUT2D eigenvalue weighted by Crippen LogP contribution is -2.09. The van der Waals surface area contributed by atoms with Gasteiger partial charge in [0.2, 0.25) is 0 Å². The standard InChI is InChI=1S/C15H18N6/c1-12(2)21-11-17-8-14(21)9-18-13-3-4-15(19-7-13)20-6-5-16-10-20/h3-8,10-12,18H,9H2,1-2H3. The Morgan fingerprint density at radius 3 is 2.71 bits per heavy atom. The molecule has 0 atom stereocenters. The molecule has 6 nitrogen and oxygen atoms in total. The van der Waals surface area contributed by atoms with Crippen LogP contribution < -0.4 is 5.32 Å². The van der Waals surface area contributed by atoms with E-state index in [1.165, 1.54) is 0 Å². The highest BCUT2D eigenvalue weighted by molar-refractivity contribution is 5.43. The molecule has 0 aliphatic carbocycles. The predicted molar refractivity (Wildman–Crippen MR) is 81.3 cm³/mol. The summed E-state index contributed by atoms with van der Waals surface area (Å²) >= 11 is 0. The van der Waals surface area contributed by atoms with Crippen LogP contribution in [-0.2, 0) is 6.54 Å². The number of aromatic nitrogens is 5. The Morgan fingerprint density at radius 2 is 2.05 bits per heavy atom. The molecule has 0 spiro atoms. The van der Waals surface area contributed by atoms with Gasteiger partial charge in [0.15, 0.2) is 0 Å². The molecule has 0 bridgehead atoms. The fourth-order valence-corrected chi connectivity index (χ4v) is 2.16. The number of pyridine rings is 1. The van der Waals surface area contributed by atoms with Crippen LogP contribution in [0.1, 0.15) is 25.6 Å². The van der Waals surface area contributed by atoms with Crippen molar-refractivity contribution < 1.29 is 0 Å². The Labute approximate surface area is 123 Å². The molecular weight excluding hydrogens is 264 g/mol. The van der Waals surface area contributed by atoms with Crippen LogP contribution in [0.4, 0.5) is 5.69 Å². The van der Waals surface area contributed by atoms with Crippen molar-refractivity contribution in [2.75, 3.05) is 5.32 Å². The second kappa shape index (κ2) is 5.78. The molecule has 6 heteroatoms. The van der Waals surface area contributed by atoms with E-state index in [0.29, 0.717) is 6.04 Å². The first-order valence-electron chi connectivity index (χ1n) is 6.93. The number of imidazole rings is 2. The van der Waals surface area contributed by atoms with Gasteiger partial charge in [-0.25, -0.2) is 15.0 Å². The van der Waals surface area contributed by atoms with Crippen LogP contribution in [0.3, 0.4) is 0 Å². The Hall–Kier alpha value is -2.63. The molecular formula is C15H18N6. The van der Waals surface area contributed by atoms with Gasteiger partial charge in [-0.15, -0.1) is 0 Å². The molecule has 3 aromatic heterocycles.